The van der Waals surface area contributed by atoms with E-state index < -0.39 is 0 Å². The first-order chi connectivity index (χ1) is 7.29. The molecule has 0 aliphatic carbocycles. The van der Waals surface area contributed by atoms with Crippen molar-refractivity contribution in [1.82, 2.24) is 0 Å². The summed E-state index contributed by atoms with van der Waals surface area (Å²) in [6.07, 6.45) is 0.852. The Bertz CT molecular complexity index is 465. The highest BCUT2D eigenvalue weighted by Crippen LogP contribution is 2.36. The molecule has 0 bridgehead atoms. The van der Waals surface area contributed by atoms with Crippen molar-refractivity contribution in [2.45, 2.75) is 9.10 Å². The van der Waals surface area contributed by atoms with Crippen LogP contribution in [0.3, 0.4) is 0 Å². The molecule has 0 unspecified atom stereocenters. The van der Waals surface area contributed by atoms with E-state index in [1.54, 1.807) is 23.1 Å². The average Bonchev–Trinajstić information content (AvgIpc) is 2.74. The molecule has 4 heteroatoms. The van der Waals surface area contributed by atoms with E-state index in [4.69, 9.17) is 0 Å². The first-order valence-electron chi connectivity index (χ1n) is 4.25. The van der Waals surface area contributed by atoms with Gasteiger partial charge in [0.1, 0.15) is 6.29 Å². The minimum atomic E-state index is 0.692. The lowest BCUT2D eigenvalue weighted by molar-refractivity contribution is 0.112. The number of hydrogen-bond donors (Lipinski definition) is 0. The van der Waals surface area contributed by atoms with Crippen LogP contribution in [0.2, 0.25) is 0 Å². The van der Waals surface area contributed by atoms with Gasteiger partial charge in [-0.2, -0.15) is 0 Å². The summed E-state index contributed by atoms with van der Waals surface area (Å²) >= 11 is 6.86. The summed E-state index contributed by atoms with van der Waals surface area (Å²) in [6.45, 7) is 0. The molecule has 0 aliphatic heterocycles. The Balaban J connectivity index is 2.26. The van der Waals surface area contributed by atoms with E-state index in [-0.39, 0.29) is 0 Å². The van der Waals surface area contributed by atoms with Crippen molar-refractivity contribution in [3.63, 3.8) is 0 Å². The highest BCUT2D eigenvalue weighted by Gasteiger charge is 2.03. The van der Waals surface area contributed by atoms with Gasteiger partial charge in [-0.1, -0.05) is 23.9 Å². The van der Waals surface area contributed by atoms with Crippen LogP contribution in [-0.2, 0) is 0 Å². The van der Waals surface area contributed by atoms with Gasteiger partial charge in [0.2, 0.25) is 0 Å². The van der Waals surface area contributed by atoms with E-state index >= 15 is 0 Å². The van der Waals surface area contributed by atoms with E-state index in [2.05, 4.69) is 27.4 Å². The largest absolute Gasteiger partial charge is 0.298 e. The maximum absolute atomic E-state index is 10.6. The smallest absolute Gasteiger partial charge is 0.150 e. The van der Waals surface area contributed by atoms with E-state index in [0.29, 0.717) is 5.56 Å². The van der Waals surface area contributed by atoms with Gasteiger partial charge >= 0.3 is 0 Å². The second-order valence-electron chi connectivity index (χ2n) is 2.84. The first kappa shape index (κ1) is 10.9. The molecule has 0 radical (unpaired) electrons. The Kier molecular flexibility index (Phi) is 3.61. The molecule has 0 saturated heterocycles. The number of hydrogen-bond acceptors (Lipinski definition) is 3. The number of thiophene rings is 1. The fraction of sp³-hybridized carbons (Fsp3) is 0. The molecule has 0 atom stereocenters. The van der Waals surface area contributed by atoms with Gasteiger partial charge < -0.3 is 0 Å². The van der Waals surface area contributed by atoms with Crippen molar-refractivity contribution < 1.29 is 4.79 Å². The van der Waals surface area contributed by atoms with Crippen molar-refractivity contribution in [2.75, 3.05) is 0 Å². The van der Waals surface area contributed by atoms with Crippen LogP contribution in [0.25, 0.3) is 0 Å². The molecule has 1 heterocycles. The summed E-state index contributed by atoms with van der Waals surface area (Å²) in [5, 5.41) is 2.05. The normalized spacial score (nSPS) is 10.2. The fourth-order valence-corrected chi connectivity index (χ4v) is 3.48. The molecule has 15 heavy (non-hydrogen) atoms. The third kappa shape index (κ3) is 2.71. The quantitative estimate of drug-likeness (QED) is 0.778. The van der Waals surface area contributed by atoms with Gasteiger partial charge in [-0.25, -0.2) is 0 Å². The van der Waals surface area contributed by atoms with Crippen molar-refractivity contribution >= 4 is 45.3 Å². The second-order valence-corrected chi connectivity index (χ2v) is 5.99. The van der Waals surface area contributed by atoms with Gasteiger partial charge in [0.25, 0.3) is 0 Å². The van der Waals surface area contributed by atoms with Crippen LogP contribution >= 0.6 is 39.0 Å². The standard InChI is InChI=1S/C11H7BrOS2/c12-9-6-8(7-13)3-4-10(9)15-11-2-1-5-14-11/h1-7H. The number of halogens is 1. The summed E-state index contributed by atoms with van der Waals surface area (Å²) in [5.74, 6) is 0. The van der Waals surface area contributed by atoms with E-state index in [9.17, 15) is 4.79 Å². The Hall–Kier alpha value is -0.580. The van der Waals surface area contributed by atoms with Gasteiger partial charge in [0.15, 0.2) is 0 Å². The van der Waals surface area contributed by atoms with Gasteiger partial charge in [-0.05, 0) is 39.5 Å². The molecule has 76 valence electrons. The maximum Gasteiger partial charge on any atom is 0.150 e. The summed E-state index contributed by atoms with van der Waals surface area (Å²) < 4.78 is 2.21. The SMILES string of the molecule is O=Cc1ccc(Sc2cccs2)c(Br)c1. The highest BCUT2D eigenvalue weighted by atomic mass is 79.9. The van der Waals surface area contributed by atoms with E-state index in [1.165, 1.54) is 4.21 Å². The predicted octanol–water partition coefficient (Wildman–Crippen LogP) is 4.47. The Morgan fingerprint density at radius 3 is 2.80 bits per heavy atom. The fourth-order valence-electron chi connectivity index (χ4n) is 1.10. The first-order valence-corrected chi connectivity index (χ1v) is 6.74. The minimum absolute atomic E-state index is 0.692. The molecule has 0 amide bonds. The molecule has 0 aliphatic rings. The van der Waals surface area contributed by atoms with Crippen LogP contribution in [0.15, 0.2) is 49.3 Å². The van der Waals surface area contributed by atoms with Crippen LogP contribution in [0.1, 0.15) is 10.4 Å². The third-order valence-corrected chi connectivity index (χ3v) is 4.83. The summed E-state index contributed by atoms with van der Waals surface area (Å²) in [7, 11) is 0. The Morgan fingerprint density at radius 1 is 1.33 bits per heavy atom. The number of aldehydes is 1. The van der Waals surface area contributed by atoms with Gasteiger partial charge in [-0.3, -0.25) is 4.79 Å². The maximum atomic E-state index is 10.6. The zero-order chi connectivity index (χ0) is 10.7. The predicted molar refractivity (Wildman–Crippen MR) is 68.0 cm³/mol. The van der Waals surface area contributed by atoms with Crippen molar-refractivity contribution in [2.24, 2.45) is 0 Å². The minimum Gasteiger partial charge on any atom is -0.298 e. The molecule has 1 aromatic carbocycles. The number of benzene rings is 1. The highest BCUT2D eigenvalue weighted by molar-refractivity contribution is 9.10. The van der Waals surface area contributed by atoms with Crippen LogP contribution in [-0.4, -0.2) is 6.29 Å². The summed E-state index contributed by atoms with van der Waals surface area (Å²) in [6, 6.07) is 9.73. The van der Waals surface area contributed by atoms with Crippen LogP contribution < -0.4 is 0 Å². The van der Waals surface area contributed by atoms with E-state index in [0.717, 1.165) is 15.7 Å². The molecule has 0 N–H and O–H groups in total. The molecule has 0 saturated carbocycles. The lowest BCUT2D eigenvalue weighted by Gasteiger charge is -2.02. The zero-order valence-corrected chi connectivity index (χ0v) is 10.9. The lowest BCUT2D eigenvalue weighted by atomic mass is 10.2. The lowest BCUT2D eigenvalue weighted by Crippen LogP contribution is -1.80. The van der Waals surface area contributed by atoms with Gasteiger partial charge in [-0.15, -0.1) is 11.3 Å². The Labute approximate surface area is 105 Å². The molecular formula is C11H7BrOS2. The molecule has 0 spiro atoms. The number of rotatable bonds is 3. The van der Waals surface area contributed by atoms with Crippen molar-refractivity contribution in [1.29, 1.82) is 0 Å². The van der Waals surface area contributed by atoms with Crippen LogP contribution in [0.5, 0.6) is 0 Å². The summed E-state index contributed by atoms with van der Waals surface area (Å²) in [4.78, 5) is 11.7. The third-order valence-electron chi connectivity index (χ3n) is 1.80. The zero-order valence-electron chi connectivity index (χ0n) is 7.64. The topological polar surface area (TPSA) is 17.1 Å². The molecule has 1 nitrogen and oxygen atoms in total. The summed E-state index contributed by atoms with van der Waals surface area (Å²) in [5.41, 5.74) is 0.692. The van der Waals surface area contributed by atoms with Gasteiger partial charge in [0.05, 0.1) is 4.21 Å². The molecular weight excluding hydrogens is 292 g/mol. The molecule has 2 rings (SSSR count). The second kappa shape index (κ2) is 4.96. The van der Waals surface area contributed by atoms with Crippen molar-refractivity contribution in [3.8, 4) is 0 Å². The molecule has 1 aromatic heterocycles. The molecule has 0 fully saturated rings. The number of carbonyl (C=O) groups excluding carboxylic acids is 1. The van der Waals surface area contributed by atoms with Gasteiger partial charge in [0, 0.05) is 14.9 Å². The Morgan fingerprint density at radius 2 is 2.20 bits per heavy atom. The van der Waals surface area contributed by atoms with E-state index in [1.807, 2.05) is 24.3 Å². The van der Waals surface area contributed by atoms with Crippen molar-refractivity contribution in [3.05, 3.63) is 45.7 Å². The monoisotopic (exact) mass is 298 g/mol. The average molecular weight is 299 g/mol. The number of carbonyl (C=O) groups is 1. The van der Waals surface area contributed by atoms with Crippen LogP contribution in [0.4, 0.5) is 0 Å². The van der Waals surface area contributed by atoms with Crippen LogP contribution in [0, 0.1) is 0 Å². The molecule has 2 aromatic rings.